The van der Waals surface area contributed by atoms with Crippen LogP contribution in [0.4, 0.5) is 5.69 Å². The fraction of sp³-hybridized carbons (Fsp3) is 0.0690. The van der Waals surface area contributed by atoms with Gasteiger partial charge in [0.15, 0.2) is 0 Å². The van der Waals surface area contributed by atoms with E-state index in [2.05, 4.69) is 91.8 Å². The second-order valence-corrected chi connectivity index (χ2v) is 8.71. The Morgan fingerprint density at radius 2 is 1.69 bits per heavy atom. The fourth-order valence-electron chi connectivity index (χ4n) is 3.55. The molecular weight excluding hydrogens is 408 g/mol. The summed E-state index contributed by atoms with van der Waals surface area (Å²) in [5.41, 5.74) is 7.10. The van der Waals surface area contributed by atoms with Crippen LogP contribution in [-0.2, 0) is 0 Å². The van der Waals surface area contributed by atoms with E-state index in [0.29, 0.717) is 0 Å². The number of nitrogens with zero attached hydrogens (tertiary/aromatic N) is 1. The van der Waals surface area contributed by atoms with Crippen LogP contribution in [-0.4, -0.2) is 4.98 Å². The van der Waals surface area contributed by atoms with E-state index in [4.69, 9.17) is 4.98 Å². The van der Waals surface area contributed by atoms with Crippen molar-refractivity contribution in [2.24, 2.45) is 0 Å². The maximum atomic E-state index is 5.02. The minimum atomic E-state index is 0.774. The SMILES string of the molecule is C=CC(=C)Nc1ccc(-c2ccc(C=C)c(C3=CC=C(Sc4ccccc4)CC3)n2)cc1. The number of benzene rings is 2. The second kappa shape index (κ2) is 10.2. The number of anilines is 1. The fourth-order valence-corrected chi connectivity index (χ4v) is 4.49. The van der Waals surface area contributed by atoms with Crippen LogP contribution in [0.3, 0.4) is 0 Å². The van der Waals surface area contributed by atoms with Gasteiger partial charge in [0.2, 0.25) is 0 Å². The van der Waals surface area contributed by atoms with Gasteiger partial charge in [-0.2, -0.15) is 0 Å². The van der Waals surface area contributed by atoms with Crippen LogP contribution in [0.25, 0.3) is 22.9 Å². The first-order valence-corrected chi connectivity index (χ1v) is 11.4. The molecule has 0 bridgehead atoms. The van der Waals surface area contributed by atoms with E-state index in [1.54, 1.807) is 6.08 Å². The van der Waals surface area contributed by atoms with Gasteiger partial charge in [0.1, 0.15) is 0 Å². The highest BCUT2D eigenvalue weighted by atomic mass is 32.2. The van der Waals surface area contributed by atoms with E-state index in [1.165, 1.54) is 15.4 Å². The number of pyridine rings is 1. The smallest absolute Gasteiger partial charge is 0.0741 e. The summed E-state index contributed by atoms with van der Waals surface area (Å²) in [7, 11) is 0. The van der Waals surface area contributed by atoms with Crippen LogP contribution in [0.15, 0.2) is 120 Å². The molecule has 3 aromatic rings. The topological polar surface area (TPSA) is 24.9 Å². The Morgan fingerprint density at radius 3 is 2.34 bits per heavy atom. The quantitative estimate of drug-likeness (QED) is 0.361. The highest BCUT2D eigenvalue weighted by Crippen LogP contribution is 2.37. The van der Waals surface area contributed by atoms with Crippen molar-refractivity contribution >= 4 is 29.1 Å². The Balaban J connectivity index is 1.58. The summed E-state index contributed by atoms with van der Waals surface area (Å²) >= 11 is 1.84. The lowest BCUT2D eigenvalue weighted by atomic mass is 9.97. The molecule has 2 aromatic carbocycles. The normalized spacial score (nSPS) is 13.0. The van der Waals surface area contributed by atoms with Crippen molar-refractivity contribution in [3.05, 3.63) is 127 Å². The van der Waals surface area contributed by atoms with Gasteiger partial charge in [-0.15, -0.1) is 0 Å². The molecule has 1 N–H and O–H groups in total. The summed E-state index contributed by atoms with van der Waals surface area (Å²) in [5, 5.41) is 3.21. The van der Waals surface area contributed by atoms with Crippen LogP contribution in [0.1, 0.15) is 24.1 Å². The summed E-state index contributed by atoms with van der Waals surface area (Å²) < 4.78 is 0. The van der Waals surface area contributed by atoms with E-state index < -0.39 is 0 Å². The number of nitrogens with one attached hydrogen (secondary N) is 1. The summed E-state index contributed by atoms with van der Waals surface area (Å²) in [5.74, 6) is 0. The molecule has 0 amide bonds. The molecule has 0 radical (unpaired) electrons. The van der Waals surface area contributed by atoms with Gasteiger partial charge < -0.3 is 5.32 Å². The first-order chi connectivity index (χ1) is 15.7. The number of hydrogen-bond acceptors (Lipinski definition) is 3. The number of allylic oxidation sites excluding steroid dienone is 5. The van der Waals surface area contributed by atoms with Crippen LogP contribution in [0.2, 0.25) is 0 Å². The molecule has 3 heteroatoms. The Hall–Kier alpha value is -3.56. The standard InChI is InChI=1S/C29H26N2S/c1-4-21(3)30-25-16-11-23(12-17-25)28-20-15-22(5-2)29(31-28)24-13-18-27(19-14-24)32-26-9-7-6-8-10-26/h4-13,15-18,20,30H,1-3,14,19H2. The second-order valence-electron chi connectivity index (χ2n) is 7.51. The van der Waals surface area contributed by atoms with Gasteiger partial charge in [0.25, 0.3) is 0 Å². The first-order valence-electron chi connectivity index (χ1n) is 10.6. The molecule has 0 unspecified atom stereocenters. The lowest BCUT2D eigenvalue weighted by molar-refractivity contribution is 1.02. The molecule has 0 aliphatic heterocycles. The molecule has 1 aliphatic rings. The summed E-state index contributed by atoms with van der Waals surface area (Å²) in [6, 6.07) is 22.9. The summed E-state index contributed by atoms with van der Waals surface area (Å²) in [6.07, 6.45) is 10.0. The van der Waals surface area contributed by atoms with Crippen LogP contribution in [0.5, 0.6) is 0 Å². The Bertz CT molecular complexity index is 1200. The molecule has 0 fully saturated rings. The molecule has 0 saturated carbocycles. The van der Waals surface area contributed by atoms with E-state index in [1.807, 2.05) is 30.0 Å². The highest BCUT2D eigenvalue weighted by Gasteiger charge is 2.14. The molecule has 1 aromatic heterocycles. The maximum Gasteiger partial charge on any atom is 0.0741 e. The van der Waals surface area contributed by atoms with Crippen molar-refractivity contribution in [3.63, 3.8) is 0 Å². The molecule has 0 spiro atoms. The van der Waals surface area contributed by atoms with Gasteiger partial charge in [-0.1, -0.05) is 86.1 Å². The lowest BCUT2D eigenvalue weighted by Crippen LogP contribution is -1.99. The lowest BCUT2D eigenvalue weighted by Gasteiger charge is -2.17. The number of aromatic nitrogens is 1. The van der Waals surface area contributed by atoms with E-state index in [9.17, 15) is 0 Å². The molecule has 4 rings (SSSR count). The maximum absolute atomic E-state index is 5.02. The van der Waals surface area contributed by atoms with Crippen molar-refractivity contribution in [3.8, 4) is 11.3 Å². The predicted octanol–water partition coefficient (Wildman–Crippen LogP) is 8.36. The van der Waals surface area contributed by atoms with Crippen molar-refractivity contribution in [2.45, 2.75) is 17.7 Å². The zero-order chi connectivity index (χ0) is 22.3. The van der Waals surface area contributed by atoms with E-state index in [-0.39, 0.29) is 0 Å². The third-order valence-electron chi connectivity index (χ3n) is 5.29. The minimum absolute atomic E-state index is 0.774. The molecule has 2 nitrogen and oxygen atoms in total. The van der Waals surface area contributed by atoms with E-state index >= 15 is 0 Å². The molecule has 1 aliphatic carbocycles. The van der Waals surface area contributed by atoms with Gasteiger partial charge in [-0.25, -0.2) is 4.98 Å². The predicted molar refractivity (Wildman–Crippen MR) is 140 cm³/mol. The Kier molecular flexibility index (Phi) is 6.88. The van der Waals surface area contributed by atoms with Gasteiger partial charge in [-0.3, -0.25) is 0 Å². The summed E-state index contributed by atoms with van der Waals surface area (Å²) in [6.45, 7) is 11.6. The van der Waals surface area contributed by atoms with Gasteiger partial charge in [0.05, 0.1) is 11.4 Å². The first kappa shape index (κ1) is 21.7. The molecule has 32 heavy (non-hydrogen) atoms. The average Bonchev–Trinajstić information content (AvgIpc) is 2.85. The number of thioether (sulfide) groups is 1. The zero-order valence-electron chi connectivity index (χ0n) is 18.1. The van der Waals surface area contributed by atoms with Crippen molar-refractivity contribution in [2.75, 3.05) is 5.32 Å². The van der Waals surface area contributed by atoms with Crippen LogP contribution in [0, 0.1) is 0 Å². The van der Waals surface area contributed by atoms with Gasteiger partial charge >= 0.3 is 0 Å². The third kappa shape index (κ3) is 5.19. The highest BCUT2D eigenvalue weighted by molar-refractivity contribution is 8.03. The molecule has 0 saturated heterocycles. The van der Waals surface area contributed by atoms with Crippen molar-refractivity contribution in [1.82, 2.24) is 4.98 Å². The minimum Gasteiger partial charge on any atom is -0.356 e. The van der Waals surface area contributed by atoms with Crippen LogP contribution < -0.4 is 5.32 Å². The molecule has 1 heterocycles. The van der Waals surface area contributed by atoms with Crippen LogP contribution >= 0.6 is 11.8 Å². The summed E-state index contributed by atoms with van der Waals surface area (Å²) in [4.78, 5) is 7.67. The zero-order valence-corrected chi connectivity index (χ0v) is 18.9. The number of rotatable bonds is 8. The van der Waals surface area contributed by atoms with Gasteiger partial charge in [0, 0.05) is 21.8 Å². The third-order valence-corrected chi connectivity index (χ3v) is 6.40. The molecular formula is C29H26N2S. The average molecular weight is 435 g/mol. The monoisotopic (exact) mass is 434 g/mol. The van der Waals surface area contributed by atoms with Crippen molar-refractivity contribution in [1.29, 1.82) is 0 Å². The molecule has 158 valence electrons. The Labute approximate surface area is 194 Å². The molecule has 0 atom stereocenters. The van der Waals surface area contributed by atoms with Gasteiger partial charge in [-0.05, 0) is 65.3 Å². The van der Waals surface area contributed by atoms with Crippen molar-refractivity contribution < 1.29 is 0 Å². The van der Waals surface area contributed by atoms with E-state index in [0.717, 1.165) is 46.7 Å². The Morgan fingerprint density at radius 1 is 0.906 bits per heavy atom. The largest absolute Gasteiger partial charge is 0.356 e. The number of hydrogen-bond donors (Lipinski definition) is 1.